The summed E-state index contributed by atoms with van der Waals surface area (Å²) in [5.74, 6) is 0.370. The lowest BCUT2D eigenvalue weighted by Gasteiger charge is -2.14. The molecule has 1 aliphatic carbocycles. The molecule has 0 fully saturated rings. The van der Waals surface area contributed by atoms with E-state index in [1.807, 2.05) is 0 Å². The van der Waals surface area contributed by atoms with E-state index in [2.05, 4.69) is 5.32 Å². The van der Waals surface area contributed by atoms with Gasteiger partial charge in [0, 0.05) is 30.8 Å². The lowest BCUT2D eigenvalue weighted by Crippen LogP contribution is -2.13. The minimum absolute atomic E-state index is 0.0597. The number of nitrogens with one attached hydrogen (secondary N) is 1. The van der Waals surface area contributed by atoms with E-state index < -0.39 is 11.0 Å². The average Bonchev–Trinajstić information content (AvgIpc) is 2.81. The van der Waals surface area contributed by atoms with Crippen LogP contribution in [0.3, 0.4) is 0 Å². The van der Waals surface area contributed by atoms with Gasteiger partial charge >= 0.3 is 5.69 Å². The number of nitro groups is 1. The highest BCUT2D eigenvalue weighted by Crippen LogP contribution is 2.31. The maximum Gasteiger partial charge on any atom is 0.311 e. The molecule has 1 aromatic rings. The molecule has 0 heterocycles. The standard InChI is InChI=1S/C16H16N2O5.CH3F/c1-11(19)17-12-7-8-15(18(20)21)16(9-12)23-14-6-4-3-5-13(10-14)22-2;1-2/h3-10,14H,1-2H3,(H,17,19);1H3. The molecule has 1 aliphatic rings. The van der Waals surface area contributed by atoms with Gasteiger partial charge in [0.05, 0.1) is 19.2 Å². The van der Waals surface area contributed by atoms with Gasteiger partial charge < -0.3 is 14.8 Å². The van der Waals surface area contributed by atoms with Crippen LogP contribution in [0.5, 0.6) is 5.75 Å². The highest BCUT2D eigenvalue weighted by atomic mass is 19.1. The SMILES string of the molecule is CF.COC1=CC(Oc2cc(NC(C)=O)ccc2[N+](=O)[O-])C=CC=C1. The smallest absolute Gasteiger partial charge is 0.311 e. The predicted molar refractivity (Wildman–Crippen MR) is 92.2 cm³/mol. The summed E-state index contributed by atoms with van der Waals surface area (Å²) < 4.78 is 20.4. The van der Waals surface area contributed by atoms with Gasteiger partial charge in [-0.15, -0.1) is 0 Å². The number of methoxy groups -OCH3 is 1. The third-order valence-electron chi connectivity index (χ3n) is 2.98. The van der Waals surface area contributed by atoms with Gasteiger partial charge in [0.15, 0.2) is 5.75 Å². The first-order valence-electron chi connectivity index (χ1n) is 7.21. The Kier molecular flexibility index (Phi) is 7.85. The molecule has 0 radical (unpaired) electrons. The van der Waals surface area contributed by atoms with Crippen molar-refractivity contribution in [3.05, 3.63) is 64.5 Å². The molecule has 0 spiro atoms. The second kappa shape index (κ2) is 9.86. The summed E-state index contributed by atoms with van der Waals surface area (Å²) in [4.78, 5) is 21.7. The molecule has 1 unspecified atom stereocenters. The number of amides is 1. The molecule has 1 aromatic carbocycles. The Morgan fingerprint density at radius 3 is 2.64 bits per heavy atom. The maximum absolute atomic E-state index is 11.2. The molecule has 134 valence electrons. The molecule has 1 N–H and O–H groups in total. The molecule has 8 heteroatoms. The van der Waals surface area contributed by atoms with Gasteiger partial charge in [-0.3, -0.25) is 19.3 Å². The number of anilines is 1. The lowest BCUT2D eigenvalue weighted by molar-refractivity contribution is -0.385. The predicted octanol–water partition coefficient (Wildman–Crippen LogP) is 3.54. The van der Waals surface area contributed by atoms with Gasteiger partial charge in [0.2, 0.25) is 5.91 Å². The summed E-state index contributed by atoms with van der Waals surface area (Å²) in [6.07, 6.45) is 8.18. The number of carbonyl (C=O) groups is 1. The largest absolute Gasteiger partial charge is 0.497 e. The van der Waals surface area contributed by atoms with E-state index in [-0.39, 0.29) is 17.3 Å². The van der Waals surface area contributed by atoms with Crippen molar-refractivity contribution >= 4 is 17.3 Å². The maximum atomic E-state index is 11.2. The first kappa shape index (κ1) is 19.9. The first-order valence-corrected chi connectivity index (χ1v) is 7.21. The summed E-state index contributed by atoms with van der Waals surface area (Å²) in [6.45, 7) is 1.36. The summed E-state index contributed by atoms with van der Waals surface area (Å²) in [7, 11) is 2.03. The van der Waals surface area contributed by atoms with Crippen molar-refractivity contribution in [2.24, 2.45) is 0 Å². The second-order valence-electron chi connectivity index (χ2n) is 4.72. The molecule has 0 aliphatic heterocycles. The van der Waals surface area contributed by atoms with E-state index in [0.717, 1.165) is 0 Å². The molecule has 0 saturated carbocycles. The highest BCUT2D eigenvalue weighted by molar-refractivity contribution is 5.89. The van der Waals surface area contributed by atoms with E-state index in [1.165, 1.54) is 32.2 Å². The number of allylic oxidation sites excluding steroid dienone is 3. The Labute approximate surface area is 144 Å². The number of nitro benzene ring substituents is 1. The topological polar surface area (TPSA) is 90.7 Å². The molecule has 7 nitrogen and oxygen atoms in total. The number of ether oxygens (including phenoxy) is 2. The van der Waals surface area contributed by atoms with Gasteiger partial charge in [0.25, 0.3) is 0 Å². The minimum Gasteiger partial charge on any atom is -0.497 e. The zero-order chi connectivity index (χ0) is 18.8. The van der Waals surface area contributed by atoms with E-state index >= 15 is 0 Å². The fourth-order valence-electron chi connectivity index (χ4n) is 1.99. The fourth-order valence-corrected chi connectivity index (χ4v) is 1.99. The number of nitrogens with zero attached hydrogens (tertiary/aromatic N) is 1. The Morgan fingerprint density at radius 2 is 2.04 bits per heavy atom. The first-order chi connectivity index (χ1) is 12.0. The van der Waals surface area contributed by atoms with Crippen LogP contribution < -0.4 is 10.1 Å². The van der Waals surface area contributed by atoms with Crippen molar-refractivity contribution in [1.29, 1.82) is 0 Å². The molecule has 1 atom stereocenters. The highest BCUT2D eigenvalue weighted by Gasteiger charge is 2.19. The zero-order valence-corrected chi connectivity index (χ0v) is 14.1. The molecular formula is C17H19FN2O5. The van der Waals surface area contributed by atoms with Crippen LogP contribution in [0.1, 0.15) is 6.92 Å². The van der Waals surface area contributed by atoms with Crippen LogP contribution >= 0.6 is 0 Å². The van der Waals surface area contributed by atoms with E-state index in [9.17, 15) is 19.3 Å². The van der Waals surface area contributed by atoms with Crippen LogP contribution in [-0.2, 0) is 9.53 Å². The molecule has 0 aromatic heterocycles. The van der Waals surface area contributed by atoms with Gasteiger partial charge in [-0.1, -0.05) is 12.2 Å². The van der Waals surface area contributed by atoms with Gasteiger partial charge in [-0.05, 0) is 18.2 Å². The Bertz CT molecular complexity index is 713. The van der Waals surface area contributed by atoms with Crippen LogP contribution in [0.2, 0.25) is 0 Å². The third-order valence-corrected chi connectivity index (χ3v) is 2.98. The van der Waals surface area contributed by atoms with Crippen LogP contribution in [0.25, 0.3) is 0 Å². The van der Waals surface area contributed by atoms with Gasteiger partial charge in [-0.25, -0.2) is 0 Å². The normalized spacial score (nSPS) is 15.2. The number of hydrogen-bond acceptors (Lipinski definition) is 5. The second-order valence-corrected chi connectivity index (χ2v) is 4.72. The third kappa shape index (κ3) is 6.09. The molecule has 1 amide bonds. The number of carbonyl (C=O) groups excluding carboxylic acids is 1. The number of benzene rings is 1. The summed E-state index contributed by atoms with van der Waals surface area (Å²) in [5, 5.41) is 13.7. The molecular weight excluding hydrogens is 331 g/mol. The molecule has 0 bridgehead atoms. The fraction of sp³-hybridized carbons (Fsp3) is 0.235. The number of alkyl halides is 1. The quantitative estimate of drug-likeness (QED) is 0.648. The summed E-state index contributed by atoms with van der Waals surface area (Å²) in [5.41, 5.74) is 0.238. The minimum atomic E-state index is -0.536. The van der Waals surface area contributed by atoms with E-state index in [4.69, 9.17) is 9.47 Å². The Hall–Kier alpha value is -3.16. The molecule has 25 heavy (non-hydrogen) atoms. The lowest BCUT2D eigenvalue weighted by atomic mass is 10.2. The van der Waals surface area contributed by atoms with Crippen LogP contribution in [0, 0.1) is 10.1 Å². The Morgan fingerprint density at radius 1 is 1.32 bits per heavy atom. The number of halogens is 1. The van der Waals surface area contributed by atoms with E-state index in [0.29, 0.717) is 18.6 Å². The van der Waals surface area contributed by atoms with Crippen molar-refractivity contribution in [3.8, 4) is 5.75 Å². The summed E-state index contributed by atoms with van der Waals surface area (Å²) >= 11 is 0. The van der Waals surface area contributed by atoms with Crippen LogP contribution in [0.4, 0.5) is 15.8 Å². The van der Waals surface area contributed by atoms with Crippen LogP contribution in [0.15, 0.2) is 54.3 Å². The van der Waals surface area contributed by atoms with E-state index in [1.54, 1.807) is 30.4 Å². The summed E-state index contributed by atoms with van der Waals surface area (Å²) in [6, 6.07) is 4.17. The number of hydrogen-bond donors (Lipinski definition) is 1. The molecule has 0 saturated heterocycles. The van der Waals surface area contributed by atoms with Crippen molar-refractivity contribution in [3.63, 3.8) is 0 Å². The van der Waals surface area contributed by atoms with Crippen molar-refractivity contribution in [1.82, 2.24) is 0 Å². The Balaban J connectivity index is 0.00000151. The average molecular weight is 350 g/mol. The molecule has 2 rings (SSSR count). The zero-order valence-electron chi connectivity index (χ0n) is 14.1. The van der Waals surface area contributed by atoms with Crippen molar-refractivity contribution in [2.75, 3.05) is 19.6 Å². The van der Waals surface area contributed by atoms with Crippen molar-refractivity contribution in [2.45, 2.75) is 13.0 Å². The van der Waals surface area contributed by atoms with Crippen LogP contribution in [-0.4, -0.2) is 31.2 Å². The van der Waals surface area contributed by atoms with Crippen molar-refractivity contribution < 1.29 is 23.6 Å². The number of rotatable bonds is 5. The van der Waals surface area contributed by atoms with Gasteiger partial charge in [0.1, 0.15) is 11.9 Å². The monoisotopic (exact) mass is 350 g/mol. The van der Waals surface area contributed by atoms with Gasteiger partial charge in [-0.2, -0.15) is 0 Å².